The first-order chi connectivity index (χ1) is 7.56. The molecule has 0 bridgehead atoms. The van der Waals surface area contributed by atoms with Gasteiger partial charge in [-0.1, -0.05) is 13.3 Å². The van der Waals surface area contributed by atoms with E-state index in [9.17, 15) is 9.59 Å². The van der Waals surface area contributed by atoms with Crippen molar-refractivity contribution in [3.05, 3.63) is 0 Å². The molecule has 16 heavy (non-hydrogen) atoms. The summed E-state index contributed by atoms with van der Waals surface area (Å²) in [6.45, 7) is 1.90. The fourth-order valence-electron chi connectivity index (χ4n) is 1.74. The van der Waals surface area contributed by atoms with Crippen molar-refractivity contribution in [2.75, 3.05) is 7.05 Å². The van der Waals surface area contributed by atoms with Gasteiger partial charge >= 0.3 is 12.0 Å². The molecule has 2 N–H and O–H groups in total. The molecule has 0 aliphatic heterocycles. The minimum atomic E-state index is -0.961. The molecule has 5 heteroatoms. The highest BCUT2D eigenvalue weighted by Gasteiger charge is 2.28. The van der Waals surface area contributed by atoms with E-state index in [1.165, 1.54) is 0 Å². The number of rotatable bonds is 5. The maximum atomic E-state index is 11.7. The predicted octanol–water partition coefficient (Wildman–Crippen LogP) is 1.43. The van der Waals surface area contributed by atoms with Gasteiger partial charge in [-0.3, -0.25) is 0 Å². The summed E-state index contributed by atoms with van der Waals surface area (Å²) in [6, 6.07) is -0.748. The third-order valence-electron chi connectivity index (χ3n) is 3.12. The molecule has 0 saturated heterocycles. The summed E-state index contributed by atoms with van der Waals surface area (Å²) in [6.07, 6.45) is 4.41. The van der Waals surface area contributed by atoms with Crippen LogP contribution in [0.1, 0.15) is 39.0 Å². The molecule has 5 nitrogen and oxygen atoms in total. The average molecular weight is 228 g/mol. The van der Waals surface area contributed by atoms with Crippen molar-refractivity contribution in [2.24, 2.45) is 0 Å². The minimum Gasteiger partial charge on any atom is -0.480 e. The van der Waals surface area contributed by atoms with Crippen LogP contribution in [0, 0.1) is 0 Å². The van der Waals surface area contributed by atoms with Gasteiger partial charge in [-0.25, -0.2) is 9.59 Å². The van der Waals surface area contributed by atoms with Crippen molar-refractivity contribution in [1.29, 1.82) is 0 Å². The first-order valence-electron chi connectivity index (χ1n) is 5.82. The molecule has 1 unspecified atom stereocenters. The molecule has 1 aliphatic carbocycles. The van der Waals surface area contributed by atoms with E-state index in [4.69, 9.17) is 5.11 Å². The van der Waals surface area contributed by atoms with E-state index >= 15 is 0 Å². The molecular weight excluding hydrogens is 208 g/mol. The molecule has 1 rings (SSSR count). The van der Waals surface area contributed by atoms with Gasteiger partial charge in [0.05, 0.1) is 0 Å². The highest BCUT2D eigenvalue weighted by atomic mass is 16.4. The van der Waals surface area contributed by atoms with Crippen LogP contribution in [0.25, 0.3) is 0 Å². The van der Waals surface area contributed by atoms with Gasteiger partial charge in [0.1, 0.15) is 6.04 Å². The number of carboxylic acid groups (broad SMARTS) is 1. The molecule has 1 saturated carbocycles. The SMILES string of the molecule is CCCC(NC(=O)N(C)C1CCC1)C(=O)O. The molecule has 2 amide bonds. The zero-order chi connectivity index (χ0) is 12.1. The van der Waals surface area contributed by atoms with Crippen molar-refractivity contribution >= 4 is 12.0 Å². The van der Waals surface area contributed by atoms with Gasteiger partial charge in [0.25, 0.3) is 0 Å². The van der Waals surface area contributed by atoms with Crippen molar-refractivity contribution < 1.29 is 14.7 Å². The lowest BCUT2D eigenvalue weighted by atomic mass is 9.92. The second-order valence-corrected chi connectivity index (χ2v) is 4.32. The van der Waals surface area contributed by atoms with Crippen LogP contribution >= 0.6 is 0 Å². The maximum Gasteiger partial charge on any atom is 0.326 e. The molecule has 0 heterocycles. The van der Waals surface area contributed by atoms with E-state index in [1.54, 1.807) is 11.9 Å². The summed E-state index contributed by atoms with van der Waals surface area (Å²) in [4.78, 5) is 24.2. The molecule has 0 aromatic rings. The van der Waals surface area contributed by atoms with Crippen LogP contribution in [-0.4, -0.2) is 41.1 Å². The zero-order valence-corrected chi connectivity index (χ0v) is 9.90. The van der Waals surface area contributed by atoms with Crippen LogP contribution in [0.4, 0.5) is 4.79 Å². The van der Waals surface area contributed by atoms with Gasteiger partial charge in [0, 0.05) is 13.1 Å². The number of amides is 2. The fourth-order valence-corrected chi connectivity index (χ4v) is 1.74. The van der Waals surface area contributed by atoms with E-state index in [-0.39, 0.29) is 12.1 Å². The molecule has 1 fully saturated rings. The summed E-state index contributed by atoms with van der Waals surface area (Å²) in [5, 5.41) is 11.5. The highest BCUT2D eigenvalue weighted by molar-refractivity contribution is 5.82. The van der Waals surface area contributed by atoms with Crippen molar-refractivity contribution in [3.8, 4) is 0 Å². The summed E-state index contributed by atoms with van der Waals surface area (Å²) < 4.78 is 0. The summed E-state index contributed by atoms with van der Waals surface area (Å²) >= 11 is 0. The number of nitrogens with one attached hydrogen (secondary N) is 1. The molecule has 92 valence electrons. The monoisotopic (exact) mass is 228 g/mol. The quantitative estimate of drug-likeness (QED) is 0.748. The van der Waals surface area contributed by atoms with Gasteiger partial charge in [0.2, 0.25) is 0 Å². The lowest BCUT2D eigenvalue weighted by Gasteiger charge is -2.35. The van der Waals surface area contributed by atoms with Crippen LogP contribution in [0.3, 0.4) is 0 Å². The highest BCUT2D eigenvalue weighted by Crippen LogP contribution is 2.23. The Morgan fingerprint density at radius 1 is 1.50 bits per heavy atom. The molecule has 1 aliphatic rings. The number of nitrogens with zero attached hydrogens (tertiary/aromatic N) is 1. The number of carboxylic acids is 1. The maximum absolute atomic E-state index is 11.7. The normalized spacial score (nSPS) is 17.4. The minimum absolute atomic E-state index is 0.273. The lowest BCUT2D eigenvalue weighted by molar-refractivity contribution is -0.139. The van der Waals surface area contributed by atoms with Gasteiger partial charge < -0.3 is 15.3 Å². The van der Waals surface area contributed by atoms with Crippen LogP contribution in [-0.2, 0) is 4.79 Å². The van der Waals surface area contributed by atoms with E-state index in [1.807, 2.05) is 6.92 Å². The standard InChI is InChI=1S/C11H20N2O3/c1-3-5-9(10(14)15)12-11(16)13(2)8-6-4-7-8/h8-9H,3-7H2,1-2H3,(H,12,16)(H,14,15). The Bertz CT molecular complexity index is 264. The van der Waals surface area contributed by atoms with E-state index in [2.05, 4.69) is 5.32 Å². The first kappa shape index (κ1) is 12.8. The number of hydrogen-bond donors (Lipinski definition) is 2. The number of urea groups is 1. The van der Waals surface area contributed by atoms with Crippen molar-refractivity contribution in [1.82, 2.24) is 10.2 Å². The van der Waals surface area contributed by atoms with Gasteiger partial charge in [-0.15, -0.1) is 0 Å². The summed E-state index contributed by atoms with van der Waals surface area (Å²) in [5.74, 6) is -0.961. The Hall–Kier alpha value is -1.26. The van der Waals surface area contributed by atoms with E-state index in [0.717, 1.165) is 25.7 Å². The smallest absolute Gasteiger partial charge is 0.326 e. The lowest BCUT2D eigenvalue weighted by Crippen LogP contribution is -2.51. The predicted molar refractivity (Wildman–Crippen MR) is 60.3 cm³/mol. The van der Waals surface area contributed by atoms with Crippen LogP contribution in [0.2, 0.25) is 0 Å². The number of hydrogen-bond acceptors (Lipinski definition) is 2. The molecule has 0 spiro atoms. The Morgan fingerprint density at radius 3 is 2.50 bits per heavy atom. The Labute approximate surface area is 95.8 Å². The molecule has 1 atom stereocenters. The third-order valence-corrected chi connectivity index (χ3v) is 3.12. The number of aliphatic carboxylic acids is 1. The first-order valence-corrected chi connectivity index (χ1v) is 5.82. The largest absolute Gasteiger partial charge is 0.480 e. The second kappa shape index (κ2) is 5.72. The van der Waals surface area contributed by atoms with Gasteiger partial charge in [-0.2, -0.15) is 0 Å². The summed E-state index contributed by atoms with van der Waals surface area (Å²) in [7, 11) is 1.73. The van der Waals surface area contributed by atoms with Gasteiger partial charge in [0.15, 0.2) is 0 Å². The number of carbonyl (C=O) groups is 2. The topological polar surface area (TPSA) is 69.6 Å². The van der Waals surface area contributed by atoms with Crippen molar-refractivity contribution in [3.63, 3.8) is 0 Å². The molecule has 0 aromatic heterocycles. The van der Waals surface area contributed by atoms with Crippen LogP contribution in [0.15, 0.2) is 0 Å². The van der Waals surface area contributed by atoms with Crippen LogP contribution < -0.4 is 5.32 Å². The average Bonchev–Trinajstić information content (AvgIpc) is 2.13. The summed E-state index contributed by atoms with van der Waals surface area (Å²) in [5.41, 5.74) is 0. The Kier molecular flexibility index (Phi) is 4.58. The molecule has 0 aromatic carbocycles. The van der Waals surface area contributed by atoms with Gasteiger partial charge in [-0.05, 0) is 25.7 Å². The Morgan fingerprint density at radius 2 is 2.12 bits per heavy atom. The van der Waals surface area contributed by atoms with E-state index in [0.29, 0.717) is 6.42 Å². The van der Waals surface area contributed by atoms with Crippen molar-refractivity contribution in [2.45, 2.75) is 51.1 Å². The zero-order valence-electron chi connectivity index (χ0n) is 9.90. The van der Waals surface area contributed by atoms with Crippen LogP contribution in [0.5, 0.6) is 0 Å². The Balaban J connectivity index is 2.43. The number of carbonyl (C=O) groups excluding carboxylic acids is 1. The molecular formula is C11H20N2O3. The second-order valence-electron chi connectivity index (χ2n) is 4.32. The van der Waals surface area contributed by atoms with E-state index < -0.39 is 12.0 Å². The fraction of sp³-hybridized carbons (Fsp3) is 0.818. The third kappa shape index (κ3) is 3.12. The molecule has 0 radical (unpaired) electrons.